The summed E-state index contributed by atoms with van der Waals surface area (Å²) in [4.78, 5) is 24.3. The smallest absolute Gasteiger partial charge is 0.327 e. The van der Waals surface area contributed by atoms with Gasteiger partial charge in [0.25, 0.3) is 0 Å². The van der Waals surface area contributed by atoms with E-state index in [4.69, 9.17) is 10.2 Å². The number of carboxylic acid groups (broad SMARTS) is 1. The van der Waals surface area contributed by atoms with Gasteiger partial charge in [0.2, 0.25) is 5.91 Å². The second-order valence-electron chi connectivity index (χ2n) is 10.4. The lowest BCUT2D eigenvalue weighted by molar-refractivity contribution is -0.141. The highest BCUT2D eigenvalue weighted by atomic mass is 32.2. The van der Waals surface area contributed by atoms with E-state index in [-0.39, 0.29) is 5.75 Å². The topological polar surface area (TPSA) is 106 Å². The van der Waals surface area contributed by atoms with Crippen LogP contribution >= 0.6 is 11.8 Å². The third-order valence-electron chi connectivity index (χ3n) is 7.50. The van der Waals surface area contributed by atoms with Gasteiger partial charge < -0.3 is 20.6 Å². The minimum absolute atomic E-state index is 0.226. The summed E-state index contributed by atoms with van der Waals surface area (Å²) in [6.45, 7) is 0. The molecule has 1 heterocycles. The molecule has 2 atom stereocenters. The zero-order valence-electron chi connectivity index (χ0n) is 23.3. The number of nitrogens with two attached hydrogens (primary N) is 1. The molecule has 6 aromatic rings. The van der Waals surface area contributed by atoms with Gasteiger partial charge >= 0.3 is 5.97 Å². The molecule has 1 aromatic heterocycles. The first kappa shape index (κ1) is 28.3. The number of amides is 1. The largest absolute Gasteiger partial charge is 0.480 e. The van der Waals surface area contributed by atoms with Crippen LogP contribution in [0, 0.1) is 0 Å². The standard InChI is InChI=1S/C36H30N2O4S/c37-33(27-7-2-1-3-8-27)35(39)38-31(36(40)41)22-43-21-23-13-15-24(16-14-23)25-17-19-26(20-18-25)28-10-6-11-30-29-9-4-5-12-32(29)42-34(28)30/h1-20,31,33H,21-22,37H2,(H,38,39)(H,40,41)/t31-,33?/m0/s1. The van der Waals surface area contributed by atoms with Crippen LogP contribution in [0.25, 0.3) is 44.2 Å². The van der Waals surface area contributed by atoms with Crippen LogP contribution in [0.5, 0.6) is 0 Å². The summed E-state index contributed by atoms with van der Waals surface area (Å²) in [6, 6.07) is 38.0. The fraction of sp³-hybridized carbons (Fsp3) is 0.111. The minimum Gasteiger partial charge on any atom is -0.480 e. The molecule has 0 spiro atoms. The number of rotatable bonds is 10. The molecular weight excluding hydrogens is 556 g/mol. The van der Waals surface area contributed by atoms with Crippen molar-refractivity contribution in [2.45, 2.75) is 17.8 Å². The Labute approximate surface area is 253 Å². The molecular formula is C36H30N2O4S. The summed E-state index contributed by atoms with van der Waals surface area (Å²) in [5.74, 6) is -0.755. The minimum atomic E-state index is -1.09. The Morgan fingerprint density at radius 1 is 0.744 bits per heavy atom. The average molecular weight is 587 g/mol. The number of carboxylic acids is 1. The van der Waals surface area contributed by atoms with E-state index in [1.165, 1.54) is 11.8 Å². The normalized spacial score (nSPS) is 12.7. The maximum atomic E-state index is 12.5. The van der Waals surface area contributed by atoms with Gasteiger partial charge in [-0.1, -0.05) is 115 Å². The number of nitrogens with one attached hydrogen (secondary N) is 1. The van der Waals surface area contributed by atoms with E-state index in [1.807, 2.05) is 36.4 Å². The van der Waals surface area contributed by atoms with Crippen LogP contribution in [0.15, 0.2) is 126 Å². The van der Waals surface area contributed by atoms with Crippen molar-refractivity contribution in [3.8, 4) is 22.3 Å². The molecule has 6 nitrogen and oxygen atoms in total. The van der Waals surface area contributed by atoms with Crippen LogP contribution in [-0.2, 0) is 15.3 Å². The molecule has 0 bridgehead atoms. The molecule has 4 N–H and O–H groups in total. The number of benzene rings is 5. The highest BCUT2D eigenvalue weighted by Crippen LogP contribution is 2.36. The molecule has 1 amide bonds. The Hall–Kier alpha value is -4.85. The van der Waals surface area contributed by atoms with Gasteiger partial charge in [-0.05, 0) is 33.9 Å². The van der Waals surface area contributed by atoms with Gasteiger partial charge in [-0.25, -0.2) is 4.79 Å². The van der Waals surface area contributed by atoms with Gasteiger partial charge in [0, 0.05) is 27.8 Å². The number of thioether (sulfide) groups is 1. The van der Waals surface area contributed by atoms with Gasteiger partial charge in [0.1, 0.15) is 23.2 Å². The van der Waals surface area contributed by atoms with Crippen LogP contribution < -0.4 is 11.1 Å². The summed E-state index contributed by atoms with van der Waals surface area (Å²) in [7, 11) is 0. The average Bonchev–Trinajstić information content (AvgIpc) is 3.43. The quantitative estimate of drug-likeness (QED) is 0.154. The lowest BCUT2D eigenvalue weighted by atomic mass is 9.98. The van der Waals surface area contributed by atoms with Crippen molar-refractivity contribution in [3.05, 3.63) is 132 Å². The van der Waals surface area contributed by atoms with E-state index in [2.05, 4.69) is 66.0 Å². The van der Waals surface area contributed by atoms with Crippen LogP contribution in [0.4, 0.5) is 0 Å². The second kappa shape index (κ2) is 12.6. The molecule has 5 aromatic carbocycles. The fourth-order valence-corrected chi connectivity index (χ4v) is 6.16. The third kappa shape index (κ3) is 6.18. The number of carbonyl (C=O) groups excluding carboxylic acids is 1. The fourth-order valence-electron chi connectivity index (χ4n) is 5.15. The van der Waals surface area contributed by atoms with E-state index in [0.29, 0.717) is 11.3 Å². The monoisotopic (exact) mass is 586 g/mol. The first-order chi connectivity index (χ1) is 21.0. The van der Waals surface area contributed by atoms with Crippen molar-refractivity contribution in [3.63, 3.8) is 0 Å². The van der Waals surface area contributed by atoms with Gasteiger partial charge in [0.15, 0.2) is 0 Å². The molecule has 0 aliphatic carbocycles. The number of hydrogen-bond donors (Lipinski definition) is 3. The number of aliphatic carboxylic acids is 1. The van der Waals surface area contributed by atoms with Gasteiger partial charge in [0.05, 0.1) is 0 Å². The summed E-state index contributed by atoms with van der Waals surface area (Å²) in [5.41, 5.74) is 13.8. The second-order valence-corrected chi connectivity index (χ2v) is 11.4. The number of carbonyl (C=O) groups is 2. The summed E-state index contributed by atoms with van der Waals surface area (Å²) < 4.78 is 6.21. The summed E-state index contributed by atoms with van der Waals surface area (Å²) >= 11 is 1.45. The molecule has 0 saturated carbocycles. The van der Waals surface area contributed by atoms with E-state index < -0.39 is 24.0 Å². The van der Waals surface area contributed by atoms with E-state index in [1.54, 1.807) is 24.3 Å². The molecule has 6 rings (SSSR count). The number of hydrogen-bond acceptors (Lipinski definition) is 5. The van der Waals surface area contributed by atoms with Gasteiger partial charge in [-0.2, -0.15) is 11.8 Å². The molecule has 7 heteroatoms. The van der Waals surface area contributed by atoms with Crippen LogP contribution in [-0.4, -0.2) is 28.8 Å². The molecule has 0 radical (unpaired) electrons. The molecule has 214 valence electrons. The first-order valence-corrected chi connectivity index (χ1v) is 15.1. The third-order valence-corrected chi connectivity index (χ3v) is 8.60. The Morgan fingerprint density at radius 3 is 2.09 bits per heavy atom. The number of furan rings is 1. The van der Waals surface area contributed by atoms with Crippen molar-refractivity contribution >= 4 is 45.6 Å². The molecule has 0 aliphatic heterocycles. The van der Waals surface area contributed by atoms with E-state index in [9.17, 15) is 14.7 Å². The predicted molar refractivity (Wildman–Crippen MR) is 174 cm³/mol. The van der Waals surface area contributed by atoms with Crippen molar-refractivity contribution in [2.24, 2.45) is 5.73 Å². The Morgan fingerprint density at radius 2 is 1.37 bits per heavy atom. The van der Waals surface area contributed by atoms with Crippen LogP contribution in [0.1, 0.15) is 17.2 Å². The van der Waals surface area contributed by atoms with Gasteiger partial charge in [-0.3, -0.25) is 4.79 Å². The van der Waals surface area contributed by atoms with E-state index in [0.717, 1.165) is 49.8 Å². The SMILES string of the molecule is NC(C(=O)N[C@@H](CSCc1ccc(-c2ccc(-c3cccc4c3oc3ccccc34)cc2)cc1)C(=O)O)c1ccccc1. The Bertz CT molecular complexity index is 1880. The Balaban J connectivity index is 1.08. The predicted octanol–water partition coefficient (Wildman–Crippen LogP) is 7.42. The van der Waals surface area contributed by atoms with Gasteiger partial charge in [-0.15, -0.1) is 0 Å². The molecule has 0 fully saturated rings. The van der Waals surface area contributed by atoms with Crippen molar-refractivity contribution in [1.29, 1.82) is 0 Å². The highest BCUT2D eigenvalue weighted by molar-refractivity contribution is 7.98. The van der Waals surface area contributed by atoms with Crippen molar-refractivity contribution in [2.75, 3.05) is 5.75 Å². The first-order valence-electron chi connectivity index (χ1n) is 14.0. The molecule has 1 unspecified atom stereocenters. The maximum Gasteiger partial charge on any atom is 0.327 e. The zero-order chi connectivity index (χ0) is 29.8. The number of para-hydroxylation sites is 2. The van der Waals surface area contributed by atoms with Crippen LogP contribution in [0.3, 0.4) is 0 Å². The number of fused-ring (bicyclic) bond motifs is 3. The van der Waals surface area contributed by atoms with Crippen molar-refractivity contribution < 1.29 is 19.1 Å². The summed E-state index contributed by atoms with van der Waals surface area (Å²) in [6.07, 6.45) is 0. The molecule has 0 saturated heterocycles. The van der Waals surface area contributed by atoms with Crippen molar-refractivity contribution in [1.82, 2.24) is 5.32 Å². The lowest BCUT2D eigenvalue weighted by Crippen LogP contribution is -2.46. The molecule has 43 heavy (non-hydrogen) atoms. The van der Waals surface area contributed by atoms with Crippen LogP contribution in [0.2, 0.25) is 0 Å². The van der Waals surface area contributed by atoms with E-state index >= 15 is 0 Å². The highest BCUT2D eigenvalue weighted by Gasteiger charge is 2.24. The molecule has 0 aliphatic rings. The maximum absolute atomic E-state index is 12.5. The summed E-state index contributed by atoms with van der Waals surface area (Å²) in [5, 5.41) is 14.4. The lowest BCUT2D eigenvalue weighted by Gasteiger charge is -2.18. The zero-order valence-corrected chi connectivity index (χ0v) is 24.1. The Kier molecular flexibility index (Phi) is 8.27.